The predicted molar refractivity (Wildman–Crippen MR) is 107 cm³/mol. The summed E-state index contributed by atoms with van der Waals surface area (Å²) in [6.07, 6.45) is 0.771. The summed E-state index contributed by atoms with van der Waals surface area (Å²) in [6, 6.07) is 3.90. The van der Waals surface area contributed by atoms with Crippen molar-refractivity contribution in [2.24, 2.45) is 11.8 Å². The van der Waals surface area contributed by atoms with Crippen molar-refractivity contribution in [2.75, 3.05) is 26.2 Å². The Balaban J connectivity index is 1.62. The number of carbonyl (C=O) groups excluding carboxylic acids is 2. The van der Waals surface area contributed by atoms with Crippen LogP contribution in [0.25, 0.3) is 0 Å². The third-order valence-corrected chi connectivity index (χ3v) is 7.04. The summed E-state index contributed by atoms with van der Waals surface area (Å²) in [5.41, 5.74) is -0.280. The molecule has 8 heteroatoms. The molecule has 2 amide bonds. The number of thiophene rings is 1. The standard InChI is InChI=1S/C20H27N5O2S/c1-12(2)17(26)25-10-15-9-24(18(27)16-6-5-13(3)28-16)8-7-20(15,11-25)19-21-14(4)22-23-19/h5-6,12,15H,7-11H2,1-4H3,(H,21,22,23)/t15-,20-/m1/s1. The summed E-state index contributed by atoms with van der Waals surface area (Å²) < 4.78 is 0. The van der Waals surface area contributed by atoms with Gasteiger partial charge < -0.3 is 9.80 Å². The van der Waals surface area contributed by atoms with Gasteiger partial charge >= 0.3 is 0 Å². The van der Waals surface area contributed by atoms with Crippen molar-refractivity contribution in [3.05, 3.63) is 33.5 Å². The van der Waals surface area contributed by atoms with Gasteiger partial charge in [-0.15, -0.1) is 11.3 Å². The fraction of sp³-hybridized carbons (Fsp3) is 0.600. The van der Waals surface area contributed by atoms with E-state index in [0.717, 1.165) is 27.8 Å². The molecule has 2 saturated heterocycles. The normalized spacial score (nSPS) is 24.7. The number of likely N-dealkylation sites (tertiary alicyclic amines) is 2. The first kappa shape index (κ1) is 19.1. The second-order valence-electron chi connectivity index (χ2n) is 8.38. The molecule has 2 aromatic rings. The Morgan fingerprint density at radius 2 is 2.00 bits per heavy atom. The number of rotatable bonds is 3. The average Bonchev–Trinajstić information content (AvgIpc) is 3.38. The molecule has 0 saturated carbocycles. The van der Waals surface area contributed by atoms with Crippen LogP contribution in [0, 0.1) is 25.7 Å². The van der Waals surface area contributed by atoms with Crippen LogP contribution in [-0.4, -0.2) is 63.0 Å². The Morgan fingerprint density at radius 3 is 2.61 bits per heavy atom. The monoisotopic (exact) mass is 401 g/mol. The van der Waals surface area contributed by atoms with Crippen molar-refractivity contribution in [3.8, 4) is 0 Å². The van der Waals surface area contributed by atoms with E-state index in [1.165, 1.54) is 11.3 Å². The average molecular weight is 402 g/mol. The number of fused-ring (bicyclic) bond motifs is 1. The molecular weight excluding hydrogens is 374 g/mol. The lowest BCUT2D eigenvalue weighted by molar-refractivity contribution is -0.133. The number of nitrogens with zero attached hydrogens (tertiary/aromatic N) is 4. The molecule has 0 aliphatic carbocycles. The molecule has 7 nitrogen and oxygen atoms in total. The second-order valence-corrected chi connectivity index (χ2v) is 9.67. The van der Waals surface area contributed by atoms with E-state index in [9.17, 15) is 9.59 Å². The van der Waals surface area contributed by atoms with E-state index in [4.69, 9.17) is 0 Å². The topological polar surface area (TPSA) is 82.2 Å². The van der Waals surface area contributed by atoms with Crippen LogP contribution in [0.2, 0.25) is 0 Å². The fourth-order valence-corrected chi connectivity index (χ4v) is 5.37. The molecule has 1 N–H and O–H groups in total. The van der Waals surface area contributed by atoms with Gasteiger partial charge in [0.05, 0.1) is 10.3 Å². The molecule has 0 spiro atoms. The van der Waals surface area contributed by atoms with Crippen molar-refractivity contribution in [1.82, 2.24) is 25.0 Å². The minimum Gasteiger partial charge on any atom is -0.341 e. The van der Waals surface area contributed by atoms with Gasteiger partial charge in [0.15, 0.2) is 5.82 Å². The molecule has 2 fully saturated rings. The molecule has 0 bridgehead atoms. The van der Waals surface area contributed by atoms with E-state index in [1.54, 1.807) is 0 Å². The number of aromatic nitrogens is 3. The summed E-state index contributed by atoms with van der Waals surface area (Å²) in [4.78, 5) is 36.1. The number of nitrogens with one attached hydrogen (secondary N) is 1. The Hall–Kier alpha value is -2.22. The number of carbonyl (C=O) groups is 2. The highest BCUT2D eigenvalue weighted by Gasteiger charge is 2.54. The van der Waals surface area contributed by atoms with Crippen LogP contribution in [0.15, 0.2) is 12.1 Å². The summed E-state index contributed by atoms with van der Waals surface area (Å²) in [5.74, 6) is 1.92. The van der Waals surface area contributed by atoms with Gasteiger partial charge in [-0.2, -0.15) is 5.10 Å². The van der Waals surface area contributed by atoms with Crippen LogP contribution in [-0.2, 0) is 10.2 Å². The molecule has 0 radical (unpaired) electrons. The van der Waals surface area contributed by atoms with Gasteiger partial charge in [0.1, 0.15) is 5.82 Å². The molecule has 2 aliphatic rings. The Bertz CT molecular complexity index is 904. The van der Waals surface area contributed by atoms with Gasteiger partial charge in [-0.25, -0.2) is 4.98 Å². The van der Waals surface area contributed by atoms with Crippen LogP contribution in [0.5, 0.6) is 0 Å². The van der Waals surface area contributed by atoms with E-state index < -0.39 is 0 Å². The summed E-state index contributed by atoms with van der Waals surface area (Å²) >= 11 is 1.54. The summed E-state index contributed by atoms with van der Waals surface area (Å²) in [7, 11) is 0. The number of hydrogen-bond acceptors (Lipinski definition) is 5. The number of aryl methyl sites for hydroxylation is 2. The lowest BCUT2D eigenvalue weighted by atomic mass is 9.72. The van der Waals surface area contributed by atoms with Crippen LogP contribution >= 0.6 is 11.3 Å². The molecule has 0 unspecified atom stereocenters. The van der Waals surface area contributed by atoms with Gasteiger partial charge in [-0.1, -0.05) is 13.8 Å². The van der Waals surface area contributed by atoms with Crippen molar-refractivity contribution in [2.45, 2.75) is 39.5 Å². The third-order valence-electron chi connectivity index (χ3n) is 6.05. The third kappa shape index (κ3) is 3.13. The Labute approximate surface area is 169 Å². The van der Waals surface area contributed by atoms with Gasteiger partial charge in [0, 0.05) is 42.9 Å². The van der Waals surface area contributed by atoms with Gasteiger partial charge in [0.25, 0.3) is 5.91 Å². The minimum atomic E-state index is -0.280. The summed E-state index contributed by atoms with van der Waals surface area (Å²) in [6.45, 7) is 10.3. The largest absolute Gasteiger partial charge is 0.341 e. The van der Waals surface area contributed by atoms with Crippen molar-refractivity contribution < 1.29 is 9.59 Å². The molecule has 4 heterocycles. The second kappa shape index (κ2) is 6.99. The quantitative estimate of drug-likeness (QED) is 0.856. The summed E-state index contributed by atoms with van der Waals surface area (Å²) in [5, 5.41) is 7.43. The van der Waals surface area contributed by atoms with E-state index in [1.807, 2.05) is 49.6 Å². The maximum Gasteiger partial charge on any atom is 0.263 e. The van der Waals surface area contributed by atoms with Gasteiger partial charge in [-0.05, 0) is 32.4 Å². The molecule has 150 valence electrons. The fourth-order valence-electron chi connectivity index (χ4n) is 4.54. The number of aromatic amines is 1. The molecule has 28 heavy (non-hydrogen) atoms. The molecule has 2 aliphatic heterocycles. The molecule has 4 rings (SSSR count). The van der Waals surface area contributed by atoms with Crippen molar-refractivity contribution >= 4 is 23.2 Å². The lowest BCUT2D eigenvalue weighted by Gasteiger charge is -2.41. The number of H-pyrrole nitrogens is 1. The van der Waals surface area contributed by atoms with E-state index in [-0.39, 0.29) is 29.1 Å². The van der Waals surface area contributed by atoms with Crippen LogP contribution in [0.1, 0.15) is 46.5 Å². The smallest absolute Gasteiger partial charge is 0.263 e. The van der Waals surface area contributed by atoms with Gasteiger partial charge in [0.2, 0.25) is 5.91 Å². The zero-order valence-electron chi connectivity index (χ0n) is 16.9. The van der Waals surface area contributed by atoms with Crippen molar-refractivity contribution in [3.63, 3.8) is 0 Å². The highest BCUT2D eigenvalue weighted by Crippen LogP contribution is 2.44. The highest BCUT2D eigenvalue weighted by atomic mass is 32.1. The van der Waals surface area contributed by atoms with Crippen LogP contribution in [0.3, 0.4) is 0 Å². The first-order valence-corrected chi connectivity index (χ1v) is 10.7. The predicted octanol–water partition coefficient (Wildman–Crippen LogP) is 2.38. The van der Waals surface area contributed by atoms with Crippen LogP contribution < -0.4 is 0 Å². The number of hydrogen-bond donors (Lipinski definition) is 1. The van der Waals surface area contributed by atoms with E-state index >= 15 is 0 Å². The lowest BCUT2D eigenvalue weighted by Crippen LogP contribution is -2.51. The Kier molecular flexibility index (Phi) is 4.77. The minimum absolute atomic E-state index is 0.0436. The molecule has 2 atom stereocenters. The van der Waals surface area contributed by atoms with Gasteiger partial charge in [-0.3, -0.25) is 14.7 Å². The van der Waals surface area contributed by atoms with E-state index in [2.05, 4.69) is 15.2 Å². The zero-order chi connectivity index (χ0) is 20.1. The molecule has 2 aromatic heterocycles. The maximum atomic E-state index is 13.0. The van der Waals surface area contributed by atoms with E-state index in [0.29, 0.717) is 26.2 Å². The number of piperidine rings is 1. The highest BCUT2D eigenvalue weighted by molar-refractivity contribution is 7.13. The molecule has 0 aromatic carbocycles. The maximum absolute atomic E-state index is 13.0. The van der Waals surface area contributed by atoms with Crippen molar-refractivity contribution in [1.29, 1.82) is 0 Å². The zero-order valence-corrected chi connectivity index (χ0v) is 17.7. The SMILES string of the molecule is Cc1nc([C@@]23CCN(C(=O)c4ccc(C)s4)C[C@@H]2CN(C(=O)C(C)C)C3)n[nH]1. The first-order valence-electron chi connectivity index (χ1n) is 9.84. The first-order chi connectivity index (χ1) is 13.3. The number of amides is 2. The molecular formula is C20H27N5O2S. The Morgan fingerprint density at radius 1 is 1.25 bits per heavy atom. The van der Waals surface area contributed by atoms with Crippen LogP contribution in [0.4, 0.5) is 0 Å².